The predicted octanol–water partition coefficient (Wildman–Crippen LogP) is 5.48. The largest absolute Gasteiger partial charge is 0.487 e. The summed E-state index contributed by atoms with van der Waals surface area (Å²) in [7, 11) is 1.51. The van der Waals surface area contributed by atoms with Gasteiger partial charge in [0, 0.05) is 7.11 Å². The van der Waals surface area contributed by atoms with Crippen LogP contribution >= 0.6 is 11.6 Å². The summed E-state index contributed by atoms with van der Waals surface area (Å²) < 4.78 is 56.4. The molecular weight excluding hydrogens is 525 g/mol. The van der Waals surface area contributed by atoms with Crippen LogP contribution in [0.25, 0.3) is 0 Å². The summed E-state index contributed by atoms with van der Waals surface area (Å²) in [6.45, 7) is 4.69. The van der Waals surface area contributed by atoms with Gasteiger partial charge in [-0.3, -0.25) is 9.83 Å². The summed E-state index contributed by atoms with van der Waals surface area (Å²) >= 11 is 6.32. The lowest BCUT2D eigenvalue weighted by atomic mass is 9.99. The van der Waals surface area contributed by atoms with Crippen molar-refractivity contribution >= 4 is 17.4 Å². The van der Waals surface area contributed by atoms with Gasteiger partial charge in [-0.1, -0.05) is 41.4 Å². The molecule has 1 atom stereocenters. The van der Waals surface area contributed by atoms with Crippen molar-refractivity contribution in [2.75, 3.05) is 26.9 Å². The number of halogens is 4. The van der Waals surface area contributed by atoms with Gasteiger partial charge in [0.25, 0.3) is 5.88 Å². The monoisotopic (exact) mass is 550 g/mol. The van der Waals surface area contributed by atoms with Crippen molar-refractivity contribution in [1.29, 1.82) is 0 Å². The Labute approximate surface area is 222 Å². The van der Waals surface area contributed by atoms with Crippen LogP contribution in [-0.2, 0) is 22.2 Å². The van der Waals surface area contributed by atoms with E-state index in [1.165, 1.54) is 19.2 Å². The molecule has 0 saturated carbocycles. The zero-order valence-corrected chi connectivity index (χ0v) is 21.7. The van der Waals surface area contributed by atoms with Crippen LogP contribution in [0.15, 0.2) is 47.5 Å². The molecule has 1 N–H and O–H groups in total. The maximum Gasteiger partial charge on any atom is 0.416 e. The Kier molecular flexibility index (Phi) is 8.70. The molecule has 3 aromatic rings. The molecule has 4 rings (SSSR count). The predicted molar refractivity (Wildman–Crippen MR) is 135 cm³/mol. The number of aliphatic imine (C=N–C) groups is 1. The number of aromatic nitrogens is 2. The smallest absolute Gasteiger partial charge is 0.416 e. The second kappa shape index (κ2) is 12.0. The van der Waals surface area contributed by atoms with E-state index in [4.69, 9.17) is 35.6 Å². The fourth-order valence-corrected chi connectivity index (χ4v) is 4.06. The van der Waals surface area contributed by atoms with Crippen LogP contribution in [0.5, 0.6) is 17.4 Å². The summed E-state index contributed by atoms with van der Waals surface area (Å²) in [4.78, 5) is 10.4. The number of rotatable bonds is 9. The van der Waals surface area contributed by atoms with E-state index >= 15 is 0 Å². The highest BCUT2D eigenvalue weighted by molar-refractivity contribution is 6.31. The van der Waals surface area contributed by atoms with Crippen LogP contribution in [0.2, 0.25) is 5.15 Å². The Hall–Kier alpha value is -3.41. The first kappa shape index (κ1) is 27.6. The van der Waals surface area contributed by atoms with Gasteiger partial charge in [0.05, 0.1) is 24.8 Å². The maximum absolute atomic E-state index is 13.3. The molecule has 0 spiro atoms. The summed E-state index contributed by atoms with van der Waals surface area (Å²) in [5.41, 5.74) is 5.42. The quantitative estimate of drug-likeness (QED) is 0.353. The SMILES string of the molecule is COCCOc1c(Cl)nnc(Oc2cccc(C(F)(F)F)c2)c1C1=NC(Cc2ccc(C)cc2C)CON1. The first-order chi connectivity index (χ1) is 18.2. The fourth-order valence-electron chi connectivity index (χ4n) is 3.87. The Morgan fingerprint density at radius 2 is 1.92 bits per heavy atom. The highest BCUT2D eigenvalue weighted by atomic mass is 35.5. The third-order valence-electron chi connectivity index (χ3n) is 5.71. The van der Waals surface area contributed by atoms with E-state index in [1.54, 1.807) is 0 Å². The molecule has 8 nitrogen and oxygen atoms in total. The van der Waals surface area contributed by atoms with Crippen LogP contribution in [0.1, 0.15) is 27.8 Å². The minimum absolute atomic E-state index is 0.0720. The Balaban J connectivity index is 1.73. The van der Waals surface area contributed by atoms with E-state index in [2.05, 4.69) is 21.7 Å². The molecule has 2 heterocycles. The lowest BCUT2D eigenvalue weighted by molar-refractivity contribution is -0.137. The lowest BCUT2D eigenvalue weighted by Crippen LogP contribution is -2.37. The Morgan fingerprint density at radius 1 is 1.11 bits per heavy atom. The van der Waals surface area contributed by atoms with Gasteiger partial charge in [0.1, 0.15) is 17.9 Å². The van der Waals surface area contributed by atoms with Gasteiger partial charge in [-0.2, -0.15) is 13.2 Å². The van der Waals surface area contributed by atoms with Gasteiger partial charge in [-0.25, -0.2) is 5.48 Å². The second-order valence-electron chi connectivity index (χ2n) is 8.65. The molecule has 1 aliphatic rings. The molecule has 0 saturated heterocycles. The highest BCUT2D eigenvalue weighted by Crippen LogP contribution is 2.37. The molecule has 0 bridgehead atoms. The number of methoxy groups -OCH3 is 1. The van der Waals surface area contributed by atoms with Crippen molar-refractivity contribution in [3.63, 3.8) is 0 Å². The summed E-state index contributed by atoms with van der Waals surface area (Å²) in [6, 6.07) is 10.3. The van der Waals surface area contributed by atoms with Gasteiger partial charge in [-0.15, -0.1) is 10.2 Å². The van der Waals surface area contributed by atoms with Gasteiger partial charge in [0.15, 0.2) is 16.7 Å². The van der Waals surface area contributed by atoms with Crippen LogP contribution in [-0.4, -0.2) is 49.0 Å². The number of nitrogens with one attached hydrogen (secondary N) is 1. The molecule has 0 fully saturated rings. The third kappa shape index (κ3) is 6.72. The molecule has 1 unspecified atom stereocenters. The Bertz CT molecular complexity index is 1320. The minimum Gasteiger partial charge on any atom is -0.487 e. The first-order valence-electron chi connectivity index (χ1n) is 11.7. The van der Waals surface area contributed by atoms with Crippen molar-refractivity contribution in [2.45, 2.75) is 32.5 Å². The molecule has 202 valence electrons. The van der Waals surface area contributed by atoms with Gasteiger partial charge in [-0.05, 0) is 49.6 Å². The highest BCUT2D eigenvalue weighted by Gasteiger charge is 2.32. The Morgan fingerprint density at radius 3 is 2.66 bits per heavy atom. The van der Waals surface area contributed by atoms with E-state index in [9.17, 15) is 13.2 Å². The number of alkyl halides is 3. The summed E-state index contributed by atoms with van der Waals surface area (Å²) in [5, 5.41) is 7.77. The van der Waals surface area contributed by atoms with E-state index in [0.717, 1.165) is 28.8 Å². The molecule has 2 aromatic carbocycles. The van der Waals surface area contributed by atoms with Crippen molar-refractivity contribution in [3.8, 4) is 17.4 Å². The minimum atomic E-state index is -4.55. The van der Waals surface area contributed by atoms with Crippen molar-refractivity contribution in [3.05, 3.63) is 75.4 Å². The average molecular weight is 551 g/mol. The lowest BCUT2D eigenvalue weighted by Gasteiger charge is -2.24. The summed E-state index contributed by atoms with van der Waals surface area (Å²) in [6.07, 6.45) is -3.96. The fraction of sp³-hybridized carbons (Fsp3) is 0.346. The van der Waals surface area contributed by atoms with E-state index in [0.29, 0.717) is 6.42 Å². The van der Waals surface area contributed by atoms with Crippen LogP contribution in [0.3, 0.4) is 0 Å². The van der Waals surface area contributed by atoms with Crippen molar-refractivity contribution in [2.24, 2.45) is 4.99 Å². The second-order valence-corrected chi connectivity index (χ2v) is 9.01. The zero-order valence-electron chi connectivity index (χ0n) is 20.9. The van der Waals surface area contributed by atoms with E-state index in [-0.39, 0.29) is 59.8 Å². The number of ether oxygens (including phenoxy) is 3. The van der Waals surface area contributed by atoms with Crippen LogP contribution in [0.4, 0.5) is 13.2 Å². The van der Waals surface area contributed by atoms with Crippen LogP contribution < -0.4 is 15.0 Å². The molecule has 12 heteroatoms. The molecule has 1 aliphatic heterocycles. The van der Waals surface area contributed by atoms with E-state index < -0.39 is 11.7 Å². The molecule has 0 amide bonds. The number of aryl methyl sites for hydroxylation is 2. The first-order valence-corrected chi connectivity index (χ1v) is 12.1. The van der Waals surface area contributed by atoms with E-state index in [1.807, 2.05) is 26.0 Å². The molecular formula is C26H26ClF3N4O4. The van der Waals surface area contributed by atoms with Gasteiger partial charge in [0.2, 0.25) is 0 Å². The third-order valence-corrected chi connectivity index (χ3v) is 5.96. The summed E-state index contributed by atoms with van der Waals surface area (Å²) in [5.74, 6) is -0.00669. The molecule has 1 aromatic heterocycles. The number of nitrogens with zero attached hydrogens (tertiary/aromatic N) is 3. The average Bonchev–Trinajstić information content (AvgIpc) is 2.87. The van der Waals surface area contributed by atoms with Crippen molar-refractivity contribution in [1.82, 2.24) is 15.7 Å². The maximum atomic E-state index is 13.3. The number of benzene rings is 2. The number of hydrogen-bond acceptors (Lipinski definition) is 8. The number of hydroxylamine groups is 1. The number of amidine groups is 1. The zero-order chi connectivity index (χ0) is 27.3. The molecule has 38 heavy (non-hydrogen) atoms. The van der Waals surface area contributed by atoms with Crippen LogP contribution in [0, 0.1) is 13.8 Å². The molecule has 0 aliphatic carbocycles. The molecule has 0 radical (unpaired) electrons. The van der Waals surface area contributed by atoms with Gasteiger partial charge >= 0.3 is 6.18 Å². The number of hydrogen-bond donors (Lipinski definition) is 1. The van der Waals surface area contributed by atoms with Crippen molar-refractivity contribution < 1.29 is 32.2 Å². The topological polar surface area (TPSA) is 87.1 Å². The normalized spacial score (nSPS) is 15.6. The van der Waals surface area contributed by atoms with Gasteiger partial charge < -0.3 is 14.2 Å². The standard InChI is InChI=1S/C26H26ClF3N4O4/c1-15-7-8-17(16(2)11-15)12-19-14-37-34-24(31-19)21-22(36-10-9-35-3)23(27)32-33-25(21)38-20-6-4-5-18(13-20)26(28,29)30/h4-8,11,13,19H,9-10,12,14H2,1-3H3,(H,31,34).